The summed E-state index contributed by atoms with van der Waals surface area (Å²) in [5.41, 5.74) is 3.20. The fraction of sp³-hybridized carbons (Fsp3) is 0.360. The fourth-order valence-electron chi connectivity index (χ4n) is 3.45. The Morgan fingerprint density at radius 2 is 1.67 bits per heavy atom. The summed E-state index contributed by atoms with van der Waals surface area (Å²) in [5.74, 6) is 1.13. The number of aromatic nitrogens is 1. The number of pyridine rings is 1. The van der Waals surface area contributed by atoms with Crippen LogP contribution in [0.2, 0.25) is 0 Å². The first kappa shape index (κ1) is 21.6. The van der Waals surface area contributed by atoms with Crippen LogP contribution in [0.25, 0.3) is 10.9 Å². The van der Waals surface area contributed by atoms with E-state index in [1.54, 1.807) is 25.3 Å². The van der Waals surface area contributed by atoms with Crippen molar-refractivity contribution in [1.82, 2.24) is 4.98 Å². The summed E-state index contributed by atoms with van der Waals surface area (Å²) in [5, 5.41) is 0.963. The maximum absolute atomic E-state index is 13.1. The van der Waals surface area contributed by atoms with Gasteiger partial charge in [0, 0.05) is 11.8 Å². The van der Waals surface area contributed by atoms with Gasteiger partial charge in [-0.2, -0.15) is 0 Å². The van der Waals surface area contributed by atoms with Gasteiger partial charge in [-0.15, -0.1) is 0 Å². The van der Waals surface area contributed by atoms with E-state index in [4.69, 9.17) is 9.47 Å². The highest BCUT2D eigenvalue weighted by atomic mass is 16.5. The summed E-state index contributed by atoms with van der Waals surface area (Å²) < 4.78 is 11.5. The van der Waals surface area contributed by atoms with Gasteiger partial charge < -0.3 is 9.47 Å². The zero-order valence-corrected chi connectivity index (χ0v) is 18.7. The van der Waals surface area contributed by atoms with Crippen molar-refractivity contribution in [3.63, 3.8) is 0 Å². The van der Waals surface area contributed by atoms with Crippen molar-refractivity contribution < 1.29 is 14.3 Å². The van der Waals surface area contributed by atoms with Crippen LogP contribution in [0.5, 0.6) is 11.5 Å². The van der Waals surface area contributed by atoms with Crippen LogP contribution in [-0.2, 0) is 10.2 Å². The van der Waals surface area contributed by atoms with E-state index < -0.39 is 0 Å². The molecule has 158 valence electrons. The Morgan fingerprint density at radius 3 is 2.23 bits per heavy atom. The predicted molar refractivity (Wildman–Crippen MR) is 122 cm³/mol. The molecule has 2 aromatic carbocycles. The standard InChI is InChI=1S/C25H30N2O3/c1-7-23(28)27(19-13-17-11-9-10-12-20(17)26-16-19)24-21(29-5)14-18(15-22(24)30-6)25(3,4)8-2/h9-16H,7-8H2,1-6H3. The number of hydrogen-bond acceptors (Lipinski definition) is 4. The Balaban J connectivity index is 2.26. The first-order valence-corrected chi connectivity index (χ1v) is 10.3. The number of ether oxygens (including phenoxy) is 2. The van der Waals surface area contributed by atoms with Gasteiger partial charge in [0.05, 0.1) is 31.6 Å². The van der Waals surface area contributed by atoms with Crippen LogP contribution in [0.15, 0.2) is 48.7 Å². The molecule has 0 spiro atoms. The van der Waals surface area contributed by atoms with Crippen molar-refractivity contribution in [3.05, 3.63) is 54.2 Å². The smallest absolute Gasteiger partial charge is 0.231 e. The number of anilines is 2. The summed E-state index contributed by atoms with van der Waals surface area (Å²) >= 11 is 0. The molecule has 5 nitrogen and oxygen atoms in total. The van der Waals surface area contributed by atoms with E-state index in [9.17, 15) is 4.79 Å². The van der Waals surface area contributed by atoms with Crippen LogP contribution in [0.4, 0.5) is 11.4 Å². The maximum Gasteiger partial charge on any atom is 0.231 e. The van der Waals surface area contributed by atoms with Crippen molar-refractivity contribution in [3.8, 4) is 11.5 Å². The van der Waals surface area contributed by atoms with Gasteiger partial charge in [-0.3, -0.25) is 14.7 Å². The lowest BCUT2D eigenvalue weighted by molar-refractivity contribution is -0.117. The van der Waals surface area contributed by atoms with Gasteiger partial charge >= 0.3 is 0 Å². The average Bonchev–Trinajstić information content (AvgIpc) is 2.78. The van der Waals surface area contributed by atoms with Gasteiger partial charge in [0.15, 0.2) is 0 Å². The lowest BCUT2D eigenvalue weighted by atomic mass is 9.82. The molecular formula is C25H30N2O3. The SMILES string of the molecule is CCC(=O)N(c1cnc2ccccc2c1)c1c(OC)cc(C(C)(C)CC)cc1OC. The van der Waals surface area contributed by atoms with Gasteiger partial charge in [-0.25, -0.2) is 0 Å². The van der Waals surface area contributed by atoms with E-state index in [-0.39, 0.29) is 11.3 Å². The monoisotopic (exact) mass is 406 g/mol. The zero-order valence-electron chi connectivity index (χ0n) is 18.7. The largest absolute Gasteiger partial charge is 0.494 e. The number of amides is 1. The molecule has 0 aliphatic heterocycles. The normalized spacial score (nSPS) is 11.4. The van der Waals surface area contributed by atoms with Crippen molar-refractivity contribution in [2.75, 3.05) is 19.1 Å². The Bertz CT molecular complexity index is 1030. The van der Waals surface area contributed by atoms with Crippen LogP contribution in [0, 0.1) is 0 Å². The Morgan fingerprint density at radius 1 is 1.03 bits per heavy atom. The highest BCUT2D eigenvalue weighted by molar-refractivity contribution is 6.04. The molecule has 1 amide bonds. The van der Waals surface area contributed by atoms with E-state index in [1.807, 2.05) is 49.4 Å². The third kappa shape index (κ3) is 3.97. The highest BCUT2D eigenvalue weighted by Gasteiger charge is 2.28. The second kappa shape index (κ2) is 8.74. The number of carbonyl (C=O) groups is 1. The third-order valence-electron chi connectivity index (χ3n) is 5.75. The first-order chi connectivity index (χ1) is 14.4. The van der Waals surface area contributed by atoms with Crippen molar-refractivity contribution in [2.24, 2.45) is 0 Å². The molecule has 0 bridgehead atoms. The van der Waals surface area contributed by atoms with Crippen molar-refractivity contribution >= 4 is 28.2 Å². The van der Waals surface area contributed by atoms with E-state index >= 15 is 0 Å². The van der Waals surface area contributed by atoms with Crippen molar-refractivity contribution in [2.45, 2.75) is 46.0 Å². The molecule has 1 aromatic heterocycles. The molecule has 0 saturated carbocycles. The molecule has 0 aliphatic rings. The van der Waals surface area contributed by atoms with Gasteiger partial charge in [0.1, 0.15) is 17.2 Å². The number of methoxy groups -OCH3 is 2. The van der Waals surface area contributed by atoms with Crippen LogP contribution in [-0.4, -0.2) is 25.1 Å². The second-order valence-corrected chi connectivity index (χ2v) is 7.94. The first-order valence-electron chi connectivity index (χ1n) is 10.3. The molecule has 0 fully saturated rings. The number of para-hydroxylation sites is 1. The molecule has 3 aromatic rings. The minimum Gasteiger partial charge on any atom is -0.494 e. The second-order valence-electron chi connectivity index (χ2n) is 7.94. The lowest BCUT2D eigenvalue weighted by Crippen LogP contribution is -2.26. The number of benzene rings is 2. The molecule has 0 saturated heterocycles. The van der Waals surface area contributed by atoms with Crippen molar-refractivity contribution in [1.29, 1.82) is 0 Å². The summed E-state index contributed by atoms with van der Waals surface area (Å²) in [4.78, 5) is 19.3. The van der Waals surface area contributed by atoms with E-state index in [1.165, 1.54) is 0 Å². The topological polar surface area (TPSA) is 51.7 Å². The van der Waals surface area contributed by atoms with Gasteiger partial charge in [0.2, 0.25) is 5.91 Å². The minimum atomic E-state index is -0.0637. The molecule has 1 heterocycles. The van der Waals surface area contributed by atoms with E-state index in [0.717, 1.165) is 22.9 Å². The minimum absolute atomic E-state index is 0.0524. The van der Waals surface area contributed by atoms with E-state index in [0.29, 0.717) is 29.3 Å². The number of nitrogens with zero attached hydrogens (tertiary/aromatic N) is 2. The molecular weight excluding hydrogens is 376 g/mol. The maximum atomic E-state index is 13.1. The summed E-state index contributed by atoms with van der Waals surface area (Å²) in [7, 11) is 3.24. The van der Waals surface area contributed by atoms with Crippen LogP contribution in [0.3, 0.4) is 0 Å². The average molecular weight is 407 g/mol. The molecule has 3 rings (SSSR count). The predicted octanol–water partition coefficient (Wildman–Crippen LogP) is 6.01. The molecule has 0 aliphatic carbocycles. The lowest BCUT2D eigenvalue weighted by Gasteiger charge is -2.30. The summed E-state index contributed by atoms with van der Waals surface area (Å²) in [6.07, 6.45) is 3.02. The Labute approximate surface area is 178 Å². The number of carbonyl (C=O) groups excluding carboxylic acids is 1. The highest BCUT2D eigenvalue weighted by Crippen LogP contribution is 2.45. The summed E-state index contributed by atoms with van der Waals surface area (Å²) in [6.45, 7) is 8.37. The van der Waals surface area contributed by atoms with E-state index in [2.05, 4.69) is 25.8 Å². The fourth-order valence-corrected chi connectivity index (χ4v) is 3.45. The summed E-state index contributed by atoms with van der Waals surface area (Å²) in [6, 6.07) is 13.8. The quantitative estimate of drug-likeness (QED) is 0.482. The number of hydrogen-bond donors (Lipinski definition) is 0. The van der Waals surface area contributed by atoms with Gasteiger partial charge in [-0.1, -0.05) is 45.9 Å². The number of rotatable bonds is 7. The molecule has 0 atom stereocenters. The zero-order chi connectivity index (χ0) is 21.9. The number of fused-ring (bicyclic) bond motifs is 1. The molecule has 0 unspecified atom stereocenters. The van der Waals surface area contributed by atoms with Crippen LogP contribution >= 0.6 is 0 Å². The van der Waals surface area contributed by atoms with Gasteiger partial charge in [-0.05, 0) is 41.7 Å². The van der Waals surface area contributed by atoms with Crippen LogP contribution < -0.4 is 14.4 Å². The Hall–Kier alpha value is -3.08. The molecule has 30 heavy (non-hydrogen) atoms. The van der Waals surface area contributed by atoms with Crippen LogP contribution in [0.1, 0.15) is 46.1 Å². The molecule has 0 N–H and O–H groups in total. The Kier molecular flexibility index (Phi) is 6.30. The third-order valence-corrected chi connectivity index (χ3v) is 5.75. The van der Waals surface area contributed by atoms with Gasteiger partial charge in [0.25, 0.3) is 0 Å². The molecule has 5 heteroatoms. The molecule has 0 radical (unpaired) electrons.